The fourth-order valence-corrected chi connectivity index (χ4v) is 10.4. The molecule has 5 heterocycles. The first-order valence-electron chi connectivity index (χ1n) is 21.4. The average Bonchev–Trinajstić information content (AvgIpc) is 3.99. The molecule has 5 aromatic heterocycles. The lowest BCUT2D eigenvalue weighted by molar-refractivity contribution is 0.591. The van der Waals surface area contributed by atoms with Crippen molar-refractivity contribution in [2.24, 2.45) is 0 Å². The number of hydrogen-bond donors (Lipinski definition) is 0. The van der Waals surface area contributed by atoms with E-state index >= 15 is 0 Å². The van der Waals surface area contributed by atoms with E-state index in [0.717, 1.165) is 61.2 Å². The number of nitrogens with zero attached hydrogens (tertiary/aromatic N) is 5. The van der Waals surface area contributed by atoms with Crippen LogP contribution in [0, 0.1) is 0 Å². The summed E-state index contributed by atoms with van der Waals surface area (Å²) in [7, 11) is 0. The molecule has 0 saturated heterocycles. The zero-order valence-corrected chi connectivity index (χ0v) is 35.2. The maximum atomic E-state index is 5.88. The van der Waals surface area contributed by atoms with Crippen LogP contribution in [0.4, 0.5) is 17.1 Å². The predicted molar refractivity (Wildman–Crippen MR) is 258 cm³/mol. The van der Waals surface area contributed by atoms with E-state index in [-0.39, 0.29) is 10.8 Å². The molecule has 0 fully saturated rings. The first-order valence-corrected chi connectivity index (χ1v) is 21.4. The molecule has 13 rings (SSSR count). The number of fused-ring (bicyclic) bond motifs is 16. The third-order valence-electron chi connectivity index (χ3n) is 13.4. The molecule has 0 atom stereocenters. The predicted octanol–water partition coefficient (Wildman–Crippen LogP) is 15.1. The van der Waals surface area contributed by atoms with Gasteiger partial charge >= 0.3 is 0 Å². The minimum Gasteiger partial charge on any atom is -0.308 e. The highest BCUT2D eigenvalue weighted by atomic mass is 15.2. The Balaban J connectivity index is 1.28. The summed E-state index contributed by atoms with van der Waals surface area (Å²) in [6, 6.07) is 55.8. The highest BCUT2D eigenvalue weighted by Crippen LogP contribution is 2.50. The molecule has 292 valence electrons. The average molecular weight is 786 g/mol. The maximum absolute atomic E-state index is 5.88. The Kier molecular flexibility index (Phi) is 6.66. The van der Waals surface area contributed by atoms with Crippen molar-refractivity contribution >= 4 is 115 Å². The Morgan fingerprint density at radius 1 is 0.410 bits per heavy atom. The Hall–Kier alpha value is -7.24. The second-order valence-corrected chi connectivity index (χ2v) is 19.1. The van der Waals surface area contributed by atoms with Crippen LogP contribution >= 0.6 is 0 Å². The van der Waals surface area contributed by atoms with Gasteiger partial charge in [-0.25, -0.2) is 9.97 Å². The van der Waals surface area contributed by atoms with Crippen molar-refractivity contribution < 1.29 is 0 Å². The molecule has 0 N–H and O–H groups in total. The molecule has 0 radical (unpaired) electrons. The molecule has 13 aromatic rings. The lowest BCUT2D eigenvalue weighted by atomic mass is 9.85. The number of aromatic nitrogens is 4. The number of anilines is 3. The van der Waals surface area contributed by atoms with Crippen molar-refractivity contribution in [3.63, 3.8) is 0 Å². The van der Waals surface area contributed by atoms with E-state index in [1.54, 1.807) is 0 Å². The zero-order valence-electron chi connectivity index (χ0n) is 35.2. The van der Waals surface area contributed by atoms with Crippen LogP contribution in [0.15, 0.2) is 152 Å². The molecule has 5 nitrogen and oxygen atoms in total. The monoisotopic (exact) mass is 785 g/mol. The van der Waals surface area contributed by atoms with Gasteiger partial charge in [-0.1, -0.05) is 133 Å². The van der Waals surface area contributed by atoms with Gasteiger partial charge in [-0.05, 0) is 104 Å². The largest absolute Gasteiger partial charge is 0.308 e. The summed E-state index contributed by atoms with van der Waals surface area (Å²) in [5.74, 6) is 0. The smallest absolute Gasteiger partial charge is 0.165 e. The summed E-state index contributed by atoms with van der Waals surface area (Å²) in [6.45, 7) is 13.9. The van der Waals surface area contributed by atoms with Crippen LogP contribution in [0.1, 0.15) is 52.7 Å². The van der Waals surface area contributed by atoms with E-state index in [1.165, 1.54) is 65.3 Å². The molecule has 0 saturated carbocycles. The van der Waals surface area contributed by atoms with Gasteiger partial charge in [-0.15, -0.1) is 0 Å². The molecule has 61 heavy (non-hydrogen) atoms. The second kappa shape index (κ2) is 11.7. The van der Waals surface area contributed by atoms with Gasteiger partial charge in [0.1, 0.15) is 11.0 Å². The maximum Gasteiger partial charge on any atom is 0.165 e. The van der Waals surface area contributed by atoms with E-state index in [0.29, 0.717) is 0 Å². The van der Waals surface area contributed by atoms with Gasteiger partial charge in [0.2, 0.25) is 0 Å². The van der Waals surface area contributed by atoms with E-state index in [1.807, 2.05) is 0 Å². The summed E-state index contributed by atoms with van der Waals surface area (Å²) < 4.78 is 4.86. The summed E-state index contributed by atoms with van der Waals surface area (Å²) in [5, 5.41) is 12.2. The van der Waals surface area contributed by atoms with Gasteiger partial charge in [0.05, 0.1) is 27.8 Å². The van der Waals surface area contributed by atoms with E-state index in [9.17, 15) is 0 Å². The third-order valence-corrected chi connectivity index (χ3v) is 13.4. The molecule has 8 aromatic carbocycles. The molecule has 0 aliphatic heterocycles. The summed E-state index contributed by atoms with van der Waals surface area (Å²) in [6.07, 6.45) is 0. The molecule has 0 amide bonds. The van der Waals surface area contributed by atoms with Crippen LogP contribution in [-0.4, -0.2) is 18.8 Å². The molecule has 0 bridgehead atoms. The van der Waals surface area contributed by atoms with Crippen molar-refractivity contribution in [1.29, 1.82) is 0 Å². The van der Waals surface area contributed by atoms with Gasteiger partial charge in [-0.2, -0.15) is 0 Å². The Morgan fingerprint density at radius 2 is 0.885 bits per heavy atom. The molecule has 0 spiro atoms. The van der Waals surface area contributed by atoms with E-state index in [4.69, 9.17) is 9.97 Å². The van der Waals surface area contributed by atoms with Gasteiger partial charge in [0, 0.05) is 43.7 Å². The summed E-state index contributed by atoms with van der Waals surface area (Å²) >= 11 is 0. The van der Waals surface area contributed by atoms with Gasteiger partial charge in [0.15, 0.2) is 11.3 Å². The van der Waals surface area contributed by atoms with E-state index in [2.05, 4.69) is 207 Å². The summed E-state index contributed by atoms with van der Waals surface area (Å²) in [4.78, 5) is 14.1. The number of rotatable bonds is 3. The van der Waals surface area contributed by atoms with Gasteiger partial charge in [0.25, 0.3) is 0 Å². The topological polar surface area (TPSA) is 37.8 Å². The van der Waals surface area contributed by atoms with Crippen molar-refractivity contribution in [3.8, 4) is 0 Å². The van der Waals surface area contributed by atoms with E-state index < -0.39 is 0 Å². The molecule has 5 heteroatoms. The van der Waals surface area contributed by atoms with Crippen LogP contribution < -0.4 is 4.90 Å². The molecule has 0 aliphatic rings. The second-order valence-electron chi connectivity index (χ2n) is 19.1. The molecular formula is C56H43N5. The first-order chi connectivity index (χ1) is 29.5. The van der Waals surface area contributed by atoms with Gasteiger partial charge in [-0.3, -0.25) is 8.80 Å². The minimum absolute atomic E-state index is 0.0761. The number of benzene rings is 8. The first kappa shape index (κ1) is 34.6. The zero-order chi connectivity index (χ0) is 41.1. The highest BCUT2D eigenvalue weighted by molar-refractivity contribution is 6.32. The lowest BCUT2D eigenvalue weighted by Gasteiger charge is -2.27. The third kappa shape index (κ3) is 4.61. The Labute approximate surface area is 352 Å². The van der Waals surface area contributed by atoms with Crippen molar-refractivity contribution in [3.05, 3.63) is 163 Å². The van der Waals surface area contributed by atoms with Crippen LogP contribution in [0.25, 0.3) is 98.3 Å². The van der Waals surface area contributed by atoms with Crippen molar-refractivity contribution in [2.45, 2.75) is 52.4 Å². The lowest BCUT2D eigenvalue weighted by Crippen LogP contribution is -2.11. The number of hydrogen-bond acceptors (Lipinski definition) is 3. The Morgan fingerprint density at radius 3 is 1.48 bits per heavy atom. The SMILES string of the molecule is CC(C)(C)c1cc2c3nc4c(nc3n3c5ccc6ccccc6c5c(c1)c23)c1cc(C(C)(C)C)cc2c3c5ccccc5cc(N(c5ccccc5)c5ccccc5)c3n4c12. The number of para-hydroxylation sites is 2. The quantitative estimate of drug-likeness (QED) is 0.179. The van der Waals surface area contributed by atoms with Crippen LogP contribution in [-0.2, 0) is 10.8 Å². The standard InChI is InChI=1S/C56H43N5/c1-55(2,3)34-28-40-46-38-23-15-13-17-32(38)25-26-44(46)60-50(40)42(30-34)48-53(60)57-49-43-31-35(56(4,5)6)29-41-47-39-24-16-14-18-33(39)27-45(52(47)61(51(41)43)54(49)58-48)59(36-19-9-7-10-20-36)37-21-11-8-12-22-37/h7-31H,1-6H3. The normalized spacial score (nSPS) is 13.1. The van der Waals surface area contributed by atoms with Crippen LogP contribution in [0.5, 0.6) is 0 Å². The Bertz CT molecular complexity index is 3900. The van der Waals surface area contributed by atoms with Crippen molar-refractivity contribution in [1.82, 2.24) is 18.8 Å². The highest BCUT2D eigenvalue weighted by Gasteiger charge is 2.31. The summed E-state index contributed by atoms with van der Waals surface area (Å²) in [5.41, 5.74) is 14.0. The minimum atomic E-state index is -0.108. The molecular weight excluding hydrogens is 743 g/mol. The molecule has 0 unspecified atom stereocenters. The fourth-order valence-electron chi connectivity index (χ4n) is 10.4. The van der Waals surface area contributed by atoms with Gasteiger partial charge < -0.3 is 4.90 Å². The molecule has 0 aliphatic carbocycles. The fraction of sp³-hybridized carbons (Fsp3) is 0.143. The van der Waals surface area contributed by atoms with Crippen LogP contribution in [0.3, 0.4) is 0 Å². The van der Waals surface area contributed by atoms with Crippen LogP contribution in [0.2, 0.25) is 0 Å². The van der Waals surface area contributed by atoms with Crippen molar-refractivity contribution in [2.75, 3.05) is 4.90 Å².